The van der Waals surface area contributed by atoms with Gasteiger partial charge in [0.1, 0.15) is 0 Å². The van der Waals surface area contributed by atoms with Gasteiger partial charge in [-0.25, -0.2) is 4.79 Å². The van der Waals surface area contributed by atoms with Crippen molar-refractivity contribution in [3.63, 3.8) is 0 Å². The minimum Gasteiger partial charge on any atom is -0.465 e. The van der Waals surface area contributed by atoms with Crippen LogP contribution >= 0.6 is 11.6 Å². The third-order valence-electron chi connectivity index (χ3n) is 6.11. The molecule has 186 valence electrons. The normalized spacial score (nSPS) is 23.3. The van der Waals surface area contributed by atoms with Crippen molar-refractivity contribution in [2.45, 2.75) is 31.4 Å². The number of nitrogens with zero attached hydrogens (tertiary/aromatic N) is 3. The summed E-state index contributed by atoms with van der Waals surface area (Å²) in [5.74, 6) is -3.84. The first-order valence-corrected chi connectivity index (χ1v) is 10.6. The van der Waals surface area contributed by atoms with Crippen molar-refractivity contribution in [3.05, 3.63) is 28.8 Å². The van der Waals surface area contributed by atoms with E-state index in [0.717, 1.165) is 5.69 Å². The van der Waals surface area contributed by atoms with Crippen molar-refractivity contribution in [1.82, 2.24) is 9.80 Å². The number of benzene rings is 1. The number of ether oxygens (including phenoxy) is 1. The summed E-state index contributed by atoms with van der Waals surface area (Å²) in [5.41, 5.74) is -1.40. The van der Waals surface area contributed by atoms with Gasteiger partial charge in [0, 0.05) is 50.0 Å². The van der Waals surface area contributed by atoms with E-state index in [2.05, 4.69) is 4.90 Å². The predicted octanol–water partition coefficient (Wildman–Crippen LogP) is 4.47. The largest absolute Gasteiger partial charge is 0.465 e. The third kappa shape index (κ3) is 5.60. The molecular weight excluding hydrogens is 480 g/mol. The molecule has 1 amide bonds. The molecule has 1 N–H and O–H groups in total. The van der Waals surface area contributed by atoms with Crippen molar-refractivity contribution in [2.75, 3.05) is 50.8 Å². The highest BCUT2D eigenvalue weighted by Crippen LogP contribution is 2.49. The van der Waals surface area contributed by atoms with Gasteiger partial charge >= 0.3 is 18.4 Å². The Balaban J connectivity index is 1.85. The topological polar surface area (TPSA) is 56.2 Å². The Labute approximate surface area is 191 Å². The molecule has 33 heavy (non-hydrogen) atoms. The summed E-state index contributed by atoms with van der Waals surface area (Å²) in [6, 6.07) is 5.16. The number of halogens is 7. The Morgan fingerprint density at radius 2 is 1.73 bits per heavy atom. The first-order chi connectivity index (χ1) is 15.2. The molecule has 13 heteroatoms. The molecule has 0 unspecified atom stereocenters. The van der Waals surface area contributed by atoms with E-state index in [0.29, 0.717) is 43.8 Å². The first kappa shape index (κ1) is 25.7. The highest BCUT2D eigenvalue weighted by Gasteiger charge is 2.68. The average molecular weight is 504 g/mol. The molecule has 0 spiro atoms. The molecule has 0 aliphatic carbocycles. The van der Waals surface area contributed by atoms with Crippen LogP contribution in [0.5, 0.6) is 0 Å². The van der Waals surface area contributed by atoms with Gasteiger partial charge in [-0.05, 0) is 24.6 Å². The number of anilines is 1. The molecule has 0 aromatic heterocycles. The van der Waals surface area contributed by atoms with Gasteiger partial charge in [0.2, 0.25) is 0 Å². The summed E-state index contributed by atoms with van der Waals surface area (Å²) >= 11 is 6.38. The standard InChI is InChI=1S/C20H24ClF6N3O3/c1-18(16(19(22,23)24)20(25,26)27)12-28(4-5-30(18)17(31)32)11-13-2-3-14(10-15(13)21)29-6-8-33-9-7-29/h2-3,10,16H,4-9,11-12H2,1H3,(H,31,32)/t18-/m1/s1. The number of amides is 1. The molecule has 2 aliphatic heterocycles. The van der Waals surface area contributed by atoms with Gasteiger partial charge in [0.25, 0.3) is 0 Å². The second kappa shape index (κ2) is 9.38. The van der Waals surface area contributed by atoms with Crippen LogP contribution in [0, 0.1) is 5.92 Å². The summed E-state index contributed by atoms with van der Waals surface area (Å²) in [4.78, 5) is 15.3. The van der Waals surface area contributed by atoms with E-state index in [4.69, 9.17) is 16.3 Å². The minimum atomic E-state index is -5.68. The molecule has 3 rings (SSSR count). The molecule has 0 radical (unpaired) electrons. The van der Waals surface area contributed by atoms with Crippen LogP contribution in [0.2, 0.25) is 5.02 Å². The Morgan fingerprint density at radius 3 is 2.24 bits per heavy atom. The zero-order chi connectivity index (χ0) is 24.6. The lowest BCUT2D eigenvalue weighted by Crippen LogP contribution is -2.70. The Kier molecular flexibility index (Phi) is 7.30. The second-order valence-electron chi connectivity index (χ2n) is 8.39. The molecule has 2 aliphatic rings. The number of carboxylic acid groups (broad SMARTS) is 1. The zero-order valence-corrected chi connectivity index (χ0v) is 18.5. The summed E-state index contributed by atoms with van der Waals surface area (Å²) in [7, 11) is 0. The number of piperazine rings is 1. The minimum absolute atomic E-state index is 0.0201. The van der Waals surface area contributed by atoms with Crippen LogP contribution in [0.4, 0.5) is 36.8 Å². The van der Waals surface area contributed by atoms with E-state index in [-0.39, 0.29) is 18.0 Å². The zero-order valence-electron chi connectivity index (χ0n) is 17.7. The van der Waals surface area contributed by atoms with E-state index in [1.807, 2.05) is 0 Å². The fourth-order valence-electron chi connectivity index (χ4n) is 4.62. The van der Waals surface area contributed by atoms with Crippen LogP contribution in [0.25, 0.3) is 0 Å². The van der Waals surface area contributed by atoms with Crippen molar-refractivity contribution >= 4 is 23.4 Å². The van der Waals surface area contributed by atoms with Gasteiger partial charge in [-0.1, -0.05) is 17.7 Å². The highest BCUT2D eigenvalue weighted by molar-refractivity contribution is 6.31. The summed E-state index contributed by atoms with van der Waals surface area (Å²) in [6.45, 7) is 1.84. The monoisotopic (exact) mass is 503 g/mol. The molecular formula is C20H24ClF6N3O3. The first-order valence-electron chi connectivity index (χ1n) is 10.2. The molecule has 6 nitrogen and oxygen atoms in total. The van der Waals surface area contributed by atoms with E-state index in [1.165, 1.54) is 4.90 Å². The summed E-state index contributed by atoms with van der Waals surface area (Å²) in [6.07, 6.45) is -13.2. The molecule has 1 aromatic rings. The quantitative estimate of drug-likeness (QED) is 0.614. The number of hydrogen-bond acceptors (Lipinski definition) is 4. The number of alkyl halides is 6. The lowest BCUT2D eigenvalue weighted by molar-refractivity contribution is -0.316. The van der Waals surface area contributed by atoms with Gasteiger partial charge in [-0.15, -0.1) is 0 Å². The molecule has 0 bridgehead atoms. The highest BCUT2D eigenvalue weighted by atomic mass is 35.5. The van der Waals surface area contributed by atoms with Crippen molar-refractivity contribution < 1.29 is 41.0 Å². The molecule has 2 heterocycles. The third-order valence-corrected chi connectivity index (χ3v) is 6.47. The predicted molar refractivity (Wildman–Crippen MR) is 108 cm³/mol. The van der Waals surface area contributed by atoms with Crippen molar-refractivity contribution in [1.29, 1.82) is 0 Å². The molecule has 1 aromatic carbocycles. The van der Waals surface area contributed by atoms with Gasteiger partial charge in [0.15, 0.2) is 5.92 Å². The molecule has 1 atom stereocenters. The van der Waals surface area contributed by atoms with Gasteiger partial charge in [-0.2, -0.15) is 26.3 Å². The van der Waals surface area contributed by atoms with E-state index in [1.54, 1.807) is 18.2 Å². The SMILES string of the molecule is C[C@]1(C(C(F)(F)F)C(F)(F)F)CN(Cc2ccc(N3CCOCC3)cc2Cl)CCN1C(=O)O. The van der Waals surface area contributed by atoms with E-state index < -0.39 is 43.0 Å². The fourth-order valence-corrected chi connectivity index (χ4v) is 4.86. The van der Waals surface area contributed by atoms with E-state index in [9.17, 15) is 36.2 Å². The van der Waals surface area contributed by atoms with Gasteiger partial charge in [0.05, 0.1) is 18.8 Å². The van der Waals surface area contributed by atoms with Gasteiger partial charge < -0.3 is 14.7 Å². The summed E-state index contributed by atoms with van der Waals surface area (Å²) < 4.78 is 86.5. The summed E-state index contributed by atoms with van der Waals surface area (Å²) in [5, 5.41) is 9.69. The molecule has 0 saturated carbocycles. The van der Waals surface area contributed by atoms with Gasteiger partial charge in [-0.3, -0.25) is 9.80 Å². The molecule has 2 saturated heterocycles. The Bertz CT molecular complexity index is 848. The van der Waals surface area contributed by atoms with Crippen LogP contribution in [0.15, 0.2) is 18.2 Å². The van der Waals surface area contributed by atoms with Crippen LogP contribution < -0.4 is 4.90 Å². The Morgan fingerprint density at radius 1 is 1.12 bits per heavy atom. The Hall–Kier alpha value is -1.92. The van der Waals surface area contributed by atoms with Crippen LogP contribution in [0.1, 0.15) is 12.5 Å². The maximum absolute atomic E-state index is 13.5. The fraction of sp³-hybridized carbons (Fsp3) is 0.650. The lowest BCUT2D eigenvalue weighted by atomic mass is 9.80. The van der Waals surface area contributed by atoms with Crippen molar-refractivity contribution in [2.24, 2.45) is 5.92 Å². The van der Waals surface area contributed by atoms with Crippen LogP contribution in [0.3, 0.4) is 0 Å². The number of hydrogen-bond donors (Lipinski definition) is 1. The number of carbonyl (C=O) groups is 1. The van der Waals surface area contributed by atoms with Crippen LogP contribution in [-0.2, 0) is 11.3 Å². The number of morpholine rings is 1. The van der Waals surface area contributed by atoms with E-state index >= 15 is 0 Å². The average Bonchev–Trinajstić information content (AvgIpc) is 2.67. The molecule has 2 fully saturated rings. The van der Waals surface area contributed by atoms with Crippen LogP contribution in [-0.4, -0.2) is 84.8 Å². The van der Waals surface area contributed by atoms with Crippen molar-refractivity contribution in [3.8, 4) is 0 Å². The lowest BCUT2D eigenvalue weighted by Gasteiger charge is -2.51. The number of rotatable bonds is 4. The second-order valence-corrected chi connectivity index (χ2v) is 8.80. The smallest absolute Gasteiger partial charge is 0.407 e. The maximum atomic E-state index is 13.5. The maximum Gasteiger partial charge on any atom is 0.407 e.